The molecule has 1 aliphatic rings. The highest BCUT2D eigenvalue weighted by molar-refractivity contribution is 7.91. The standard InChI is InChI=1S/C22H27ClN2O4S/c1-16(2)15-29-20-9-8-18(14-19(20)23)24-22(26)21(17-6-4-3-5-7-17)25-10-12-30(27,28)13-11-25/h3-9,14,16,21H,10-13,15H2,1-2H3,(H,24,26). The topological polar surface area (TPSA) is 75.7 Å². The van der Waals surface area contributed by atoms with Crippen LogP contribution in [-0.4, -0.2) is 50.4 Å². The minimum absolute atomic E-state index is 0.0529. The van der Waals surface area contributed by atoms with Crippen LogP contribution < -0.4 is 10.1 Å². The van der Waals surface area contributed by atoms with Gasteiger partial charge in [-0.1, -0.05) is 55.8 Å². The fourth-order valence-corrected chi connectivity index (χ4v) is 4.78. The Kier molecular flexibility index (Phi) is 7.39. The van der Waals surface area contributed by atoms with E-state index in [0.29, 0.717) is 42.1 Å². The number of nitrogens with one attached hydrogen (secondary N) is 1. The SMILES string of the molecule is CC(C)COc1ccc(NC(=O)C(c2ccccc2)N2CCS(=O)(=O)CC2)cc1Cl. The summed E-state index contributed by atoms with van der Waals surface area (Å²) in [4.78, 5) is 15.1. The van der Waals surface area contributed by atoms with E-state index in [0.717, 1.165) is 5.56 Å². The summed E-state index contributed by atoms with van der Waals surface area (Å²) in [6.45, 7) is 5.30. The van der Waals surface area contributed by atoms with Crippen molar-refractivity contribution in [3.63, 3.8) is 0 Å². The van der Waals surface area contributed by atoms with E-state index in [-0.39, 0.29) is 17.4 Å². The highest BCUT2D eigenvalue weighted by Crippen LogP contribution is 2.30. The molecule has 0 radical (unpaired) electrons. The third-order valence-electron chi connectivity index (χ3n) is 4.88. The Balaban J connectivity index is 1.78. The molecule has 8 heteroatoms. The summed E-state index contributed by atoms with van der Waals surface area (Å²) in [6, 6.07) is 14.0. The Hall–Kier alpha value is -2.09. The molecule has 1 N–H and O–H groups in total. The Labute approximate surface area is 183 Å². The number of ether oxygens (including phenoxy) is 1. The fourth-order valence-electron chi connectivity index (χ4n) is 3.31. The molecular formula is C22H27ClN2O4S. The second-order valence-electron chi connectivity index (χ2n) is 7.84. The highest BCUT2D eigenvalue weighted by Gasteiger charge is 2.32. The smallest absolute Gasteiger partial charge is 0.246 e. The van der Waals surface area contributed by atoms with Gasteiger partial charge in [0.15, 0.2) is 9.84 Å². The van der Waals surface area contributed by atoms with Crippen LogP contribution in [0.4, 0.5) is 5.69 Å². The summed E-state index contributed by atoms with van der Waals surface area (Å²) in [5, 5.41) is 3.35. The molecule has 6 nitrogen and oxygen atoms in total. The lowest BCUT2D eigenvalue weighted by Gasteiger charge is -2.33. The predicted octanol–water partition coefficient (Wildman–Crippen LogP) is 3.79. The molecule has 3 rings (SSSR count). The van der Waals surface area contributed by atoms with E-state index in [9.17, 15) is 13.2 Å². The van der Waals surface area contributed by atoms with Gasteiger partial charge in [-0.2, -0.15) is 0 Å². The molecule has 0 aliphatic carbocycles. The Bertz CT molecular complexity index is 966. The van der Waals surface area contributed by atoms with Crippen LogP contribution in [0.1, 0.15) is 25.5 Å². The van der Waals surface area contributed by atoms with Gasteiger partial charge >= 0.3 is 0 Å². The highest BCUT2D eigenvalue weighted by atomic mass is 35.5. The van der Waals surface area contributed by atoms with Crippen molar-refractivity contribution in [1.29, 1.82) is 0 Å². The van der Waals surface area contributed by atoms with E-state index in [1.165, 1.54) is 0 Å². The summed E-state index contributed by atoms with van der Waals surface area (Å²) >= 11 is 6.32. The third kappa shape index (κ3) is 5.97. The lowest BCUT2D eigenvalue weighted by molar-refractivity contribution is -0.121. The van der Waals surface area contributed by atoms with Crippen molar-refractivity contribution in [2.24, 2.45) is 5.92 Å². The first kappa shape index (κ1) is 22.6. The molecule has 1 atom stereocenters. The number of benzene rings is 2. The van der Waals surface area contributed by atoms with E-state index < -0.39 is 15.9 Å². The summed E-state index contributed by atoms with van der Waals surface area (Å²) in [7, 11) is -3.04. The number of nitrogens with zero attached hydrogens (tertiary/aromatic N) is 1. The van der Waals surface area contributed by atoms with E-state index in [2.05, 4.69) is 19.2 Å². The zero-order chi connectivity index (χ0) is 21.7. The summed E-state index contributed by atoms with van der Waals surface area (Å²) < 4.78 is 29.3. The van der Waals surface area contributed by atoms with Gasteiger partial charge in [0.05, 0.1) is 23.1 Å². The lowest BCUT2D eigenvalue weighted by Crippen LogP contribution is -2.46. The molecular weight excluding hydrogens is 424 g/mol. The van der Waals surface area contributed by atoms with Gasteiger partial charge < -0.3 is 10.1 Å². The monoisotopic (exact) mass is 450 g/mol. The molecule has 2 aromatic carbocycles. The van der Waals surface area contributed by atoms with Gasteiger partial charge in [0.1, 0.15) is 11.8 Å². The second-order valence-corrected chi connectivity index (χ2v) is 10.6. The molecule has 1 heterocycles. The van der Waals surface area contributed by atoms with Gasteiger partial charge in [0.25, 0.3) is 0 Å². The average molecular weight is 451 g/mol. The number of rotatable bonds is 7. The average Bonchev–Trinajstić information content (AvgIpc) is 2.69. The van der Waals surface area contributed by atoms with Crippen LogP contribution in [0, 0.1) is 5.92 Å². The second kappa shape index (κ2) is 9.81. The number of amides is 1. The van der Waals surface area contributed by atoms with Crippen molar-refractivity contribution in [2.45, 2.75) is 19.9 Å². The maximum absolute atomic E-state index is 13.2. The number of hydrogen-bond acceptors (Lipinski definition) is 5. The first-order valence-corrected chi connectivity index (χ1v) is 12.2. The van der Waals surface area contributed by atoms with Gasteiger partial charge in [-0.3, -0.25) is 9.69 Å². The van der Waals surface area contributed by atoms with Crippen molar-refractivity contribution >= 4 is 33.0 Å². The summed E-state index contributed by atoms with van der Waals surface area (Å²) in [5.74, 6) is 0.825. The van der Waals surface area contributed by atoms with E-state index in [4.69, 9.17) is 16.3 Å². The van der Waals surface area contributed by atoms with Crippen LogP contribution in [-0.2, 0) is 14.6 Å². The van der Waals surface area contributed by atoms with Gasteiger partial charge in [0.2, 0.25) is 5.91 Å². The molecule has 30 heavy (non-hydrogen) atoms. The minimum atomic E-state index is -3.04. The molecule has 2 aromatic rings. The fraction of sp³-hybridized carbons (Fsp3) is 0.409. The van der Waals surface area contributed by atoms with E-state index in [1.807, 2.05) is 35.2 Å². The maximum Gasteiger partial charge on any atom is 0.246 e. The largest absolute Gasteiger partial charge is 0.492 e. The predicted molar refractivity (Wildman–Crippen MR) is 120 cm³/mol. The number of hydrogen-bond donors (Lipinski definition) is 1. The van der Waals surface area contributed by atoms with Crippen molar-refractivity contribution in [1.82, 2.24) is 4.90 Å². The van der Waals surface area contributed by atoms with Crippen molar-refractivity contribution < 1.29 is 17.9 Å². The molecule has 0 spiro atoms. The number of carbonyl (C=O) groups is 1. The molecule has 0 aromatic heterocycles. The van der Waals surface area contributed by atoms with Gasteiger partial charge in [-0.25, -0.2) is 8.42 Å². The Morgan fingerprint density at radius 2 is 1.80 bits per heavy atom. The number of halogens is 1. The molecule has 162 valence electrons. The van der Waals surface area contributed by atoms with E-state index >= 15 is 0 Å². The van der Waals surface area contributed by atoms with Crippen molar-refractivity contribution in [3.8, 4) is 5.75 Å². The van der Waals surface area contributed by atoms with E-state index in [1.54, 1.807) is 18.2 Å². The van der Waals surface area contributed by atoms with Crippen molar-refractivity contribution in [3.05, 3.63) is 59.1 Å². The maximum atomic E-state index is 13.2. The molecule has 1 aliphatic heterocycles. The molecule has 1 saturated heterocycles. The Morgan fingerprint density at radius 1 is 1.13 bits per heavy atom. The third-order valence-corrected chi connectivity index (χ3v) is 6.78. The number of carbonyl (C=O) groups excluding carboxylic acids is 1. The van der Waals surface area contributed by atoms with Crippen LogP contribution in [0.3, 0.4) is 0 Å². The van der Waals surface area contributed by atoms with Crippen LogP contribution in [0.5, 0.6) is 5.75 Å². The van der Waals surface area contributed by atoms with Crippen LogP contribution in [0.25, 0.3) is 0 Å². The van der Waals surface area contributed by atoms with Crippen LogP contribution in [0.2, 0.25) is 5.02 Å². The minimum Gasteiger partial charge on any atom is -0.492 e. The summed E-state index contributed by atoms with van der Waals surface area (Å²) in [6.07, 6.45) is 0. The van der Waals surface area contributed by atoms with Gasteiger partial charge in [0, 0.05) is 18.8 Å². The van der Waals surface area contributed by atoms with Crippen molar-refractivity contribution in [2.75, 3.05) is 36.5 Å². The van der Waals surface area contributed by atoms with Gasteiger partial charge in [-0.15, -0.1) is 0 Å². The quantitative estimate of drug-likeness (QED) is 0.694. The number of sulfone groups is 1. The van der Waals surface area contributed by atoms with Crippen LogP contribution >= 0.6 is 11.6 Å². The summed E-state index contributed by atoms with van der Waals surface area (Å²) in [5.41, 5.74) is 1.38. The molecule has 1 amide bonds. The molecule has 0 bridgehead atoms. The first-order valence-electron chi connectivity index (χ1n) is 9.98. The zero-order valence-corrected chi connectivity index (χ0v) is 18.7. The number of anilines is 1. The molecule has 0 saturated carbocycles. The zero-order valence-electron chi connectivity index (χ0n) is 17.2. The normalized spacial score (nSPS) is 17.5. The first-order chi connectivity index (χ1) is 14.2. The van der Waals surface area contributed by atoms with Gasteiger partial charge in [-0.05, 0) is 29.7 Å². The molecule has 1 unspecified atom stereocenters. The Morgan fingerprint density at radius 3 is 2.40 bits per heavy atom. The van der Waals surface area contributed by atoms with Crippen LogP contribution in [0.15, 0.2) is 48.5 Å². The lowest BCUT2D eigenvalue weighted by atomic mass is 10.0. The molecule has 1 fully saturated rings.